The highest BCUT2D eigenvalue weighted by atomic mass is 16.3. The fourth-order valence-electron chi connectivity index (χ4n) is 2.96. The van der Waals surface area contributed by atoms with E-state index in [-0.39, 0.29) is 24.0 Å². The van der Waals surface area contributed by atoms with Crippen LogP contribution < -0.4 is 11.1 Å². The van der Waals surface area contributed by atoms with E-state index < -0.39 is 6.03 Å². The quantitative estimate of drug-likeness (QED) is 0.673. The molecule has 0 bridgehead atoms. The molecule has 3 atom stereocenters. The lowest BCUT2D eigenvalue weighted by Gasteiger charge is -2.37. The number of nitrogens with two attached hydrogens (primary N) is 1. The van der Waals surface area contributed by atoms with Crippen molar-refractivity contribution in [3.63, 3.8) is 0 Å². The molecule has 0 spiro atoms. The number of carbonyl (C=O) groups excluding carboxylic acids is 2. The van der Waals surface area contributed by atoms with Gasteiger partial charge in [-0.05, 0) is 37.5 Å². The molecule has 0 aromatic rings. The van der Waals surface area contributed by atoms with Crippen molar-refractivity contribution in [2.24, 2.45) is 17.6 Å². The average molecular weight is 269 g/mol. The molecule has 3 unspecified atom stereocenters. The Bertz CT molecular complexity index is 357. The van der Waals surface area contributed by atoms with Crippen LogP contribution in [0.15, 0.2) is 0 Å². The van der Waals surface area contributed by atoms with Gasteiger partial charge in [0.15, 0.2) is 0 Å². The third-order valence-electron chi connectivity index (χ3n) is 4.00. The summed E-state index contributed by atoms with van der Waals surface area (Å²) in [5.41, 5.74) is 5.34. The molecule has 2 rings (SSSR count). The van der Waals surface area contributed by atoms with Gasteiger partial charge in [0, 0.05) is 26.1 Å². The monoisotopic (exact) mass is 269 g/mol. The Kier molecular flexibility index (Phi) is 4.29. The number of carbonyl (C=O) groups is 2. The highest BCUT2D eigenvalue weighted by Crippen LogP contribution is 2.36. The molecule has 1 saturated heterocycles. The van der Waals surface area contributed by atoms with E-state index in [9.17, 15) is 14.7 Å². The normalized spacial score (nSPS) is 28.8. The lowest BCUT2D eigenvalue weighted by Crippen LogP contribution is -2.54. The Balaban J connectivity index is 1.92. The van der Waals surface area contributed by atoms with Gasteiger partial charge < -0.3 is 21.1 Å². The van der Waals surface area contributed by atoms with Crippen LogP contribution in [0.25, 0.3) is 0 Å². The van der Waals surface area contributed by atoms with Gasteiger partial charge in [0.1, 0.15) is 0 Å². The van der Waals surface area contributed by atoms with Crippen LogP contribution in [-0.2, 0) is 4.79 Å². The number of piperidine rings is 1. The summed E-state index contributed by atoms with van der Waals surface area (Å²) in [5.74, 6) is 0.537. The van der Waals surface area contributed by atoms with Crippen LogP contribution in [0.1, 0.15) is 32.6 Å². The van der Waals surface area contributed by atoms with Gasteiger partial charge in [0.05, 0.1) is 6.10 Å². The number of aliphatic hydroxyl groups excluding tert-OH is 1. The van der Waals surface area contributed by atoms with E-state index in [2.05, 4.69) is 5.32 Å². The second-order valence-corrected chi connectivity index (χ2v) is 5.88. The van der Waals surface area contributed by atoms with Gasteiger partial charge in [-0.25, -0.2) is 4.79 Å². The van der Waals surface area contributed by atoms with E-state index in [0.29, 0.717) is 25.4 Å². The summed E-state index contributed by atoms with van der Waals surface area (Å²) in [6.45, 7) is 2.51. The van der Waals surface area contributed by atoms with Crippen LogP contribution in [0.2, 0.25) is 0 Å². The lowest BCUT2D eigenvalue weighted by atomic mass is 9.88. The molecule has 6 nitrogen and oxygen atoms in total. The van der Waals surface area contributed by atoms with Gasteiger partial charge >= 0.3 is 6.03 Å². The molecular formula is C13H23N3O3. The number of hydrogen-bond donors (Lipinski definition) is 3. The largest absolute Gasteiger partial charge is 0.393 e. The Morgan fingerprint density at radius 2 is 2.11 bits per heavy atom. The highest BCUT2D eigenvalue weighted by Gasteiger charge is 2.35. The fourth-order valence-corrected chi connectivity index (χ4v) is 2.96. The van der Waals surface area contributed by atoms with Crippen LogP contribution in [0.3, 0.4) is 0 Å². The molecule has 2 fully saturated rings. The summed E-state index contributed by atoms with van der Waals surface area (Å²) in [6.07, 6.45) is 3.40. The van der Waals surface area contributed by atoms with Crippen molar-refractivity contribution in [3.05, 3.63) is 0 Å². The number of nitrogens with one attached hydrogen (secondary N) is 1. The van der Waals surface area contributed by atoms with Crippen molar-refractivity contribution in [2.45, 2.75) is 44.8 Å². The zero-order valence-corrected chi connectivity index (χ0v) is 11.3. The van der Waals surface area contributed by atoms with Gasteiger partial charge in [-0.3, -0.25) is 4.79 Å². The summed E-state index contributed by atoms with van der Waals surface area (Å²) in [6, 6.07) is -0.517. The number of nitrogens with zero attached hydrogens (tertiary/aromatic N) is 1. The van der Waals surface area contributed by atoms with Gasteiger partial charge in [0.25, 0.3) is 0 Å². The maximum Gasteiger partial charge on any atom is 0.314 e. The summed E-state index contributed by atoms with van der Waals surface area (Å²) in [7, 11) is 0. The molecule has 19 heavy (non-hydrogen) atoms. The standard InChI is InChI=1S/C13H23N3O3/c1-8(17)15-11-4-9(5-12(18)10-2-3-10)6-16(7-11)13(14)19/h9-12,18H,2-7H2,1H3,(H2,14,19)(H,15,17). The van der Waals surface area contributed by atoms with Crippen molar-refractivity contribution in [2.75, 3.05) is 13.1 Å². The van der Waals surface area contributed by atoms with E-state index >= 15 is 0 Å². The molecule has 1 heterocycles. The van der Waals surface area contributed by atoms with Gasteiger partial charge in [-0.15, -0.1) is 0 Å². The number of urea groups is 1. The minimum absolute atomic E-state index is 0.0600. The molecule has 2 aliphatic rings. The molecule has 1 aliphatic heterocycles. The van der Waals surface area contributed by atoms with Crippen LogP contribution in [0, 0.1) is 11.8 Å². The topological polar surface area (TPSA) is 95.7 Å². The second kappa shape index (κ2) is 5.77. The van der Waals surface area contributed by atoms with Crippen molar-refractivity contribution in [1.82, 2.24) is 10.2 Å². The first kappa shape index (κ1) is 14.1. The first-order chi connectivity index (χ1) is 8.95. The third kappa shape index (κ3) is 4.09. The molecular weight excluding hydrogens is 246 g/mol. The first-order valence-electron chi connectivity index (χ1n) is 6.95. The summed E-state index contributed by atoms with van der Waals surface area (Å²) >= 11 is 0. The number of rotatable bonds is 4. The number of hydrogen-bond acceptors (Lipinski definition) is 3. The number of likely N-dealkylation sites (tertiary alicyclic amines) is 1. The lowest BCUT2D eigenvalue weighted by molar-refractivity contribution is -0.120. The van der Waals surface area contributed by atoms with Crippen molar-refractivity contribution >= 4 is 11.9 Å². The van der Waals surface area contributed by atoms with Gasteiger partial charge in [0.2, 0.25) is 5.91 Å². The SMILES string of the molecule is CC(=O)NC1CC(CC(O)C2CC2)CN(C(N)=O)C1. The zero-order valence-electron chi connectivity index (χ0n) is 11.3. The first-order valence-corrected chi connectivity index (χ1v) is 6.95. The van der Waals surface area contributed by atoms with Crippen molar-refractivity contribution in [3.8, 4) is 0 Å². The minimum atomic E-state index is -0.457. The summed E-state index contributed by atoms with van der Waals surface area (Å²) < 4.78 is 0. The van der Waals surface area contributed by atoms with Crippen LogP contribution in [0.4, 0.5) is 4.79 Å². The van der Waals surface area contributed by atoms with Crippen molar-refractivity contribution in [1.29, 1.82) is 0 Å². The van der Waals surface area contributed by atoms with Gasteiger partial charge in [-0.2, -0.15) is 0 Å². The maximum absolute atomic E-state index is 11.3. The molecule has 4 N–H and O–H groups in total. The third-order valence-corrected chi connectivity index (χ3v) is 4.00. The van der Waals surface area contributed by atoms with E-state index in [1.54, 1.807) is 4.90 Å². The van der Waals surface area contributed by atoms with E-state index in [0.717, 1.165) is 19.3 Å². The Hall–Kier alpha value is -1.30. The predicted molar refractivity (Wildman–Crippen MR) is 70.2 cm³/mol. The fraction of sp³-hybridized carbons (Fsp3) is 0.846. The molecule has 3 amide bonds. The minimum Gasteiger partial charge on any atom is -0.393 e. The smallest absolute Gasteiger partial charge is 0.314 e. The van der Waals surface area contributed by atoms with Crippen molar-refractivity contribution < 1.29 is 14.7 Å². The average Bonchev–Trinajstić information content (AvgIpc) is 3.10. The summed E-state index contributed by atoms with van der Waals surface area (Å²) in [5, 5.41) is 12.9. The Morgan fingerprint density at radius 1 is 1.42 bits per heavy atom. The molecule has 0 aromatic heterocycles. The van der Waals surface area contributed by atoms with Gasteiger partial charge in [-0.1, -0.05) is 0 Å². The molecule has 0 radical (unpaired) electrons. The number of aliphatic hydroxyl groups is 1. The molecule has 1 aliphatic carbocycles. The molecule has 108 valence electrons. The summed E-state index contributed by atoms with van der Waals surface area (Å²) in [4.78, 5) is 24.0. The van der Waals surface area contributed by atoms with E-state index in [4.69, 9.17) is 5.73 Å². The predicted octanol–water partition coefficient (Wildman–Crippen LogP) is 0.0527. The van der Waals surface area contributed by atoms with E-state index in [1.165, 1.54) is 6.92 Å². The van der Waals surface area contributed by atoms with E-state index in [1.807, 2.05) is 0 Å². The molecule has 1 saturated carbocycles. The Morgan fingerprint density at radius 3 is 2.63 bits per heavy atom. The van der Waals surface area contributed by atoms with Crippen LogP contribution in [0.5, 0.6) is 0 Å². The highest BCUT2D eigenvalue weighted by molar-refractivity contribution is 5.74. The number of amides is 3. The number of primary amides is 1. The van der Waals surface area contributed by atoms with Crippen LogP contribution in [-0.4, -0.2) is 47.2 Å². The Labute approximate surface area is 113 Å². The zero-order chi connectivity index (χ0) is 14.0. The second-order valence-electron chi connectivity index (χ2n) is 5.88. The molecule has 6 heteroatoms. The maximum atomic E-state index is 11.3. The van der Waals surface area contributed by atoms with Crippen LogP contribution >= 0.6 is 0 Å². The molecule has 0 aromatic carbocycles.